The molecule has 26 heavy (non-hydrogen) atoms. The van der Waals surface area contributed by atoms with Crippen LogP contribution in [0.3, 0.4) is 0 Å². The highest BCUT2D eigenvalue weighted by Crippen LogP contribution is 2.69. The van der Waals surface area contributed by atoms with E-state index in [-0.39, 0.29) is 0 Å². The Balaban J connectivity index is 1.48. The van der Waals surface area contributed by atoms with Crippen LogP contribution in [0, 0.1) is 34.5 Å². The van der Waals surface area contributed by atoms with E-state index in [1.807, 2.05) is 11.3 Å². The highest BCUT2D eigenvalue weighted by Gasteiger charge is 2.62. The van der Waals surface area contributed by atoms with Crippen LogP contribution in [0.2, 0.25) is 0 Å². The Morgan fingerprint density at radius 2 is 2.00 bits per heavy atom. The molecule has 0 radical (unpaired) electrons. The zero-order valence-corrected chi connectivity index (χ0v) is 17.3. The normalized spacial score (nSPS) is 50.5. The predicted molar refractivity (Wildman–Crippen MR) is 107 cm³/mol. The molecule has 0 bridgehead atoms. The van der Waals surface area contributed by atoms with Crippen LogP contribution in [0.25, 0.3) is 0 Å². The third-order valence-corrected chi connectivity index (χ3v) is 10.3. The second-order valence-corrected chi connectivity index (χ2v) is 11.3. The number of piperidine rings is 1. The van der Waals surface area contributed by atoms with E-state index in [0.29, 0.717) is 22.8 Å². The van der Waals surface area contributed by atoms with Crippen molar-refractivity contribution in [3.63, 3.8) is 0 Å². The summed E-state index contributed by atoms with van der Waals surface area (Å²) in [5.74, 6) is 4.43. The standard InChI is InChI=1S/C23H33NOS/c1-14-13-17(18-5-4-12-26-18)23(3)10-8-16-15(21(14)23)6-7-19-22(16,2)11-9-20(25)24-19/h4-5,12,14-17,19,21H,6-11,13H2,1-3H3,(H,24,25)/t14?,15-,16-,17?,19?,21+,22-,23-/m1/s1. The zero-order valence-electron chi connectivity index (χ0n) is 16.5. The Morgan fingerprint density at radius 1 is 1.15 bits per heavy atom. The quantitative estimate of drug-likeness (QED) is 0.684. The van der Waals surface area contributed by atoms with E-state index in [0.717, 1.165) is 42.4 Å². The van der Waals surface area contributed by atoms with Crippen molar-refractivity contribution >= 4 is 17.2 Å². The van der Waals surface area contributed by atoms with Crippen LogP contribution >= 0.6 is 11.3 Å². The summed E-state index contributed by atoms with van der Waals surface area (Å²) in [5, 5.41) is 5.63. The van der Waals surface area contributed by atoms with Crippen molar-refractivity contribution in [2.45, 2.75) is 77.7 Å². The first kappa shape index (κ1) is 17.3. The molecule has 4 aliphatic rings. The maximum atomic E-state index is 12.0. The number of thiophene rings is 1. The van der Waals surface area contributed by atoms with Gasteiger partial charge in [0.1, 0.15) is 0 Å². The SMILES string of the molecule is CC1CC(c2cccs2)[C@@]2(C)CC[C@@H]3[C@@H](CCC4NC(=O)CC[C@@]43C)[C@H]12. The number of carbonyl (C=O) groups excluding carboxylic acids is 1. The molecular weight excluding hydrogens is 338 g/mol. The molecule has 3 heteroatoms. The van der Waals surface area contributed by atoms with Gasteiger partial charge in [-0.3, -0.25) is 4.79 Å². The van der Waals surface area contributed by atoms with Crippen molar-refractivity contribution in [2.24, 2.45) is 34.5 Å². The first-order chi connectivity index (χ1) is 12.4. The Kier molecular flexibility index (Phi) is 3.88. The van der Waals surface area contributed by atoms with E-state index < -0.39 is 0 Å². The molecule has 1 amide bonds. The van der Waals surface area contributed by atoms with Gasteiger partial charge < -0.3 is 5.32 Å². The number of rotatable bonds is 1. The summed E-state index contributed by atoms with van der Waals surface area (Å²) in [4.78, 5) is 13.6. The molecule has 3 unspecified atom stereocenters. The summed E-state index contributed by atoms with van der Waals surface area (Å²) in [6.45, 7) is 7.67. The van der Waals surface area contributed by atoms with E-state index in [1.54, 1.807) is 4.88 Å². The summed E-state index contributed by atoms with van der Waals surface area (Å²) >= 11 is 1.98. The first-order valence-corrected chi connectivity index (χ1v) is 11.6. The molecule has 1 aliphatic heterocycles. The fraction of sp³-hybridized carbons (Fsp3) is 0.783. The van der Waals surface area contributed by atoms with Gasteiger partial charge in [-0.15, -0.1) is 11.3 Å². The van der Waals surface area contributed by atoms with E-state index in [9.17, 15) is 4.79 Å². The average Bonchev–Trinajstić information content (AvgIpc) is 3.21. The molecule has 3 saturated carbocycles. The first-order valence-electron chi connectivity index (χ1n) is 10.8. The molecule has 2 nitrogen and oxygen atoms in total. The van der Waals surface area contributed by atoms with Gasteiger partial charge in [0, 0.05) is 17.3 Å². The Labute approximate surface area is 162 Å². The third kappa shape index (κ3) is 2.25. The number of carbonyl (C=O) groups is 1. The molecule has 4 fully saturated rings. The molecule has 0 aromatic carbocycles. The summed E-state index contributed by atoms with van der Waals surface area (Å²) in [6, 6.07) is 5.06. The maximum absolute atomic E-state index is 12.0. The van der Waals surface area contributed by atoms with Gasteiger partial charge in [-0.1, -0.05) is 26.8 Å². The summed E-state index contributed by atoms with van der Waals surface area (Å²) < 4.78 is 0. The molecule has 1 aromatic heterocycles. The van der Waals surface area contributed by atoms with Crippen molar-refractivity contribution in [2.75, 3.05) is 0 Å². The highest BCUT2D eigenvalue weighted by atomic mass is 32.1. The van der Waals surface area contributed by atoms with Gasteiger partial charge in [0.25, 0.3) is 0 Å². The molecule has 8 atom stereocenters. The second kappa shape index (κ2) is 5.83. The van der Waals surface area contributed by atoms with Crippen LogP contribution in [0.15, 0.2) is 17.5 Å². The Bertz CT molecular complexity index is 699. The second-order valence-electron chi connectivity index (χ2n) is 10.3. The number of amides is 1. The maximum Gasteiger partial charge on any atom is 0.220 e. The lowest BCUT2D eigenvalue weighted by molar-refractivity contribution is -0.137. The van der Waals surface area contributed by atoms with Crippen LogP contribution in [0.5, 0.6) is 0 Å². The summed E-state index contributed by atoms with van der Waals surface area (Å²) in [5.41, 5.74) is 0.811. The molecule has 5 rings (SSSR count). The third-order valence-electron chi connectivity index (χ3n) is 9.29. The van der Waals surface area contributed by atoms with E-state index >= 15 is 0 Å². The smallest absolute Gasteiger partial charge is 0.220 e. The largest absolute Gasteiger partial charge is 0.353 e. The summed E-state index contributed by atoms with van der Waals surface area (Å²) in [6.07, 6.45) is 8.50. The molecular formula is C23H33NOS. The molecule has 1 N–H and O–H groups in total. The van der Waals surface area contributed by atoms with E-state index in [1.165, 1.54) is 32.1 Å². The lowest BCUT2D eigenvalue weighted by Crippen LogP contribution is -2.61. The van der Waals surface area contributed by atoms with E-state index in [4.69, 9.17) is 0 Å². The number of hydrogen-bond acceptors (Lipinski definition) is 2. The van der Waals surface area contributed by atoms with Gasteiger partial charge in [-0.25, -0.2) is 0 Å². The van der Waals surface area contributed by atoms with Crippen LogP contribution in [-0.2, 0) is 4.79 Å². The van der Waals surface area contributed by atoms with Crippen LogP contribution in [-0.4, -0.2) is 11.9 Å². The van der Waals surface area contributed by atoms with Crippen molar-refractivity contribution in [3.8, 4) is 0 Å². The molecule has 1 saturated heterocycles. The van der Waals surface area contributed by atoms with Gasteiger partial charge in [0.2, 0.25) is 5.91 Å². The van der Waals surface area contributed by atoms with Gasteiger partial charge in [0.15, 0.2) is 0 Å². The lowest BCUT2D eigenvalue weighted by atomic mass is 9.46. The number of fused-ring (bicyclic) bond motifs is 5. The predicted octanol–water partition coefficient (Wildman–Crippen LogP) is 5.60. The van der Waals surface area contributed by atoms with Gasteiger partial charge in [0.05, 0.1) is 0 Å². The zero-order chi connectivity index (χ0) is 18.1. The fourth-order valence-corrected chi connectivity index (χ4v) is 9.18. The van der Waals surface area contributed by atoms with Crippen molar-refractivity contribution < 1.29 is 4.79 Å². The molecule has 0 spiro atoms. The Hall–Kier alpha value is -0.830. The van der Waals surface area contributed by atoms with Crippen molar-refractivity contribution in [1.29, 1.82) is 0 Å². The molecule has 3 aliphatic carbocycles. The molecule has 1 aromatic rings. The van der Waals surface area contributed by atoms with Crippen LogP contribution in [0.4, 0.5) is 0 Å². The number of nitrogens with one attached hydrogen (secondary N) is 1. The van der Waals surface area contributed by atoms with E-state index in [2.05, 4.69) is 43.6 Å². The summed E-state index contributed by atoms with van der Waals surface area (Å²) in [7, 11) is 0. The monoisotopic (exact) mass is 371 g/mol. The Morgan fingerprint density at radius 3 is 2.77 bits per heavy atom. The minimum absolute atomic E-state index is 0.290. The minimum Gasteiger partial charge on any atom is -0.353 e. The topological polar surface area (TPSA) is 29.1 Å². The van der Waals surface area contributed by atoms with Crippen molar-refractivity contribution in [1.82, 2.24) is 5.32 Å². The van der Waals surface area contributed by atoms with Gasteiger partial charge in [-0.2, -0.15) is 0 Å². The lowest BCUT2D eigenvalue weighted by Gasteiger charge is -2.60. The van der Waals surface area contributed by atoms with Crippen LogP contribution in [0.1, 0.15) is 76.5 Å². The highest BCUT2D eigenvalue weighted by molar-refractivity contribution is 7.10. The average molecular weight is 372 g/mol. The van der Waals surface area contributed by atoms with Gasteiger partial charge in [-0.05, 0) is 90.4 Å². The fourth-order valence-electron chi connectivity index (χ4n) is 8.18. The molecule has 2 heterocycles. The number of hydrogen-bond donors (Lipinski definition) is 1. The van der Waals surface area contributed by atoms with Crippen molar-refractivity contribution in [3.05, 3.63) is 22.4 Å². The molecule has 142 valence electrons. The van der Waals surface area contributed by atoms with Gasteiger partial charge >= 0.3 is 0 Å². The minimum atomic E-state index is 0.290. The van der Waals surface area contributed by atoms with Crippen LogP contribution < -0.4 is 5.32 Å².